The van der Waals surface area contributed by atoms with Gasteiger partial charge in [-0.05, 0) is 36.5 Å². The van der Waals surface area contributed by atoms with Crippen molar-refractivity contribution in [2.24, 2.45) is 11.7 Å². The quantitative estimate of drug-likeness (QED) is 0.638. The van der Waals surface area contributed by atoms with E-state index in [1.165, 1.54) is 6.42 Å². The number of rotatable bonds is 8. The summed E-state index contributed by atoms with van der Waals surface area (Å²) in [6.45, 7) is 5.09. The molecule has 1 rings (SSSR count). The fraction of sp³-hybridized carbons (Fsp3) is 0.562. The molecule has 20 heavy (non-hydrogen) atoms. The second kappa shape index (κ2) is 8.59. The first-order valence-electron chi connectivity index (χ1n) is 7.30. The summed E-state index contributed by atoms with van der Waals surface area (Å²) >= 11 is 0. The molecular formula is C16H26N2O2. The number of carbonyl (C=O) groups is 1. The lowest BCUT2D eigenvalue weighted by atomic mass is 10.1. The first-order valence-corrected chi connectivity index (χ1v) is 7.30. The van der Waals surface area contributed by atoms with Gasteiger partial charge in [-0.25, -0.2) is 0 Å². The monoisotopic (exact) mass is 278 g/mol. The largest absolute Gasteiger partial charge is 0.508 e. The molecule has 0 bridgehead atoms. The van der Waals surface area contributed by atoms with Crippen molar-refractivity contribution in [2.75, 3.05) is 6.54 Å². The molecule has 0 aromatic heterocycles. The van der Waals surface area contributed by atoms with Gasteiger partial charge in [0.25, 0.3) is 0 Å². The van der Waals surface area contributed by atoms with E-state index in [0.29, 0.717) is 18.9 Å². The number of hydrogen-bond acceptors (Lipinski definition) is 3. The third-order valence-corrected chi connectivity index (χ3v) is 3.24. The molecule has 0 fully saturated rings. The zero-order chi connectivity index (χ0) is 15.0. The predicted octanol–water partition coefficient (Wildman–Crippen LogP) is 2.20. The zero-order valence-electron chi connectivity index (χ0n) is 12.4. The number of hydrogen-bond donors (Lipinski definition) is 3. The lowest BCUT2D eigenvalue weighted by molar-refractivity contribution is -0.122. The molecule has 0 radical (unpaired) electrons. The van der Waals surface area contributed by atoms with Gasteiger partial charge in [-0.2, -0.15) is 0 Å². The van der Waals surface area contributed by atoms with E-state index in [0.717, 1.165) is 18.4 Å². The van der Waals surface area contributed by atoms with Gasteiger partial charge < -0.3 is 16.2 Å². The van der Waals surface area contributed by atoms with E-state index >= 15 is 0 Å². The van der Waals surface area contributed by atoms with Gasteiger partial charge in [0.15, 0.2) is 0 Å². The molecule has 0 saturated heterocycles. The maximum atomic E-state index is 11.8. The molecule has 4 N–H and O–H groups in total. The van der Waals surface area contributed by atoms with Crippen LogP contribution in [0.4, 0.5) is 0 Å². The average molecular weight is 278 g/mol. The zero-order valence-corrected chi connectivity index (χ0v) is 12.4. The first kappa shape index (κ1) is 16.5. The Hall–Kier alpha value is -1.55. The molecule has 0 saturated carbocycles. The molecule has 0 aliphatic rings. The fourth-order valence-corrected chi connectivity index (χ4v) is 2.00. The Balaban J connectivity index is 2.23. The Bertz CT molecular complexity index is 401. The molecule has 4 nitrogen and oxygen atoms in total. The number of phenols is 1. The van der Waals surface area contributed by atoms with Crippen LogP contribution in [0.1, 0.15) is 38.7 Å². The van der Waals surface area contributed by atoms with Crippen molar-refractivity contribution in [3.63, 3.8) is 0 Å². The number of amides is 1. The van der Waals surface area contributed by atoms with Crippen LogP contribution in [0, 0.1) is 5.92 Å². The summed E-state index contributed by atoms with van der Waals surface area (Å²) in [4.78, 5) is 11.8. The van der Waals surface area contributed by atoms with Crippen molar-refractivity contribution in [1.82, 2.24) is 5.32 Å². The first-order chi connectivity index (χ1) is 9.49. The summed E-state index contributed by atoms with van der Waals surface area (Å²) in [6.07, 6.45) is 3.80. The highest BCUT2D eigenvalue weighted by molar-refractivity contribution is 5.81. The molecule has 4 heteroatoms. The van der Waals surface area contributed by atoms with E-state index in [1.807, 2.05) is 0 Å². The molecule has 0 spiro atoms. The lowest BCUT2D eigenvalue weighted by Gasteiger charge is -2.12. The van der Waals surface area contributed by atoms with E-state index in [-0.39, 0.29) is 11.7 Å². The van der Waals surface area contributed by atoms with Crippen molar-refractivity contribution in [1.29, 1.82) is 0 Å². The molecule has 1 amide bonds. The van der Waals surface area contributed by atoms with Crippen molar-refractivity contribution in [3.05, 3.63) is 29.8 Å². The second-order valence-electron chi connectivity index (χ2n) is 5.66. The number of benzene rings is 1. The number of nitrogens with one attached hydrogen (secondary N) is 1. The van der Waals surface area contributed by atoms with Crippen LogP contribution in [0.3, 0.4) is 0 Å². The summed E-state index contributed by atoms with van der Waals surface area (Å²) in [5, 5.41) is 12.1. The minimum Gasteiger partial charge on any atom is -0.508 e. The second-order valence-corrected chi connectivity index (χ2v) is 5.66. The van der Waals surface area contributed by atoms with Crippen molar-refractivity contribution >= 4 is 5.91 Å². The van der Waals surface area contributed by atoms with Crippen LogP contribution in [0.25, 0.3) is 0 Å². The number of unbranched alkanes of at least 4 members (excludes halogenated alkanes) is 1. The van der Waals surface area contributed by atoms with E-state index in [2.05, 4.69) is 19.2 Å². The van der Waals surface area contributed by atoms with Crippen LogP contribution >= 0.6 is 0 Å². The third kappa shape index (κ3) is 6.57. The minimum atomic E-state index is -0.537. The topological polar surface area (TPSA) is 75.4 Å². The standard InChI is InChI=1S/C16H26N2O2/c1-12(2)5-3-4-10-18-16(20)15(17)11-13-6-8-14(19)9-7-13/h6-9,12,15,19H,3-5,10-11,17H2,1-2H3,(H,18,20)/t15-/m0/s1. The Kier molecular flexibility index (Phi) is 7.09. The smallest absolute Gasteiger partial charge is 0.237 e. The van der Waals surface area contributed by atoms with Crippen molar-refractivity contribution < 1.29 is 9.90 Å². The number of phenolic OH excluding ortho intramolecular Hbond substituents is 1. The minimum absolute atomic E-state index is 0.109. The molecule has 1 aromatic rings. The molecule has 0 aliphatic heterocycles. The van der Waals surface area contributed by atoms with Crippen LogP contribution in [-0.2, 0) is 11.2 Å². The van der Waals surface area contributed by atoms with Gasteiger partial charge in [-0.1, -0.05) is 38.8 Å². The maximum Gasteiger partial charge on any atom is 0.237 e. The van der Waals surface area contributed by atoms with Gasteiger partial charge in [0.1, 0.15) is 5.75 Å². The van der Waals surface area contributed by atoms with Crippen molar-refractivity contribution in [3.8, 4) is 5.75 Å². The summed E-state index contributed by atoms with van der Waals surface area (Å²) in [7, 11) is 0. The molecule has 0 unspecified atom stereocenters. The van der Waals surface area contributed by atoms with E-state index < -0.39 is 6.04 Å². The van der Waals surface area contributed by atoms with Gasteiger partial charge in [0, 0.05) is 6.54 Å². The summed E-state index contributed by atoms with van der Waals surface area (Å²) in [5.41, 5.74) is 6.83. The Morgan fingerprint density at radius 1 is 1.25 bits per heavy atom. The highest BCUT2D eigenvalue weighted by atomic mass is 16.3. The van der Waals surface area contributed by atoms with Crippen LogP contribution in [-0.4, -0.2) is 23.6 Å². The number of carbonyl (C=O) groups excluding carboxylic acids is 1. The third-order valence-electron chi connectivity index (χ3n) is 3.24. The van der Waals surface area contributed by atoms with Crippen LogP contribution in [0.15, 0.2) is 24.3 Å². The summed E-state index contributed by atoms with van der Waals surface area (Å²) in [5.74, 6) is 0.821. The van der Waals surface area contributed by atoms with Gasteiger partial charge in [-0.15, -0.1) is 0 Å². The van der Waals surface area contributed by atoms with Gasteiger partial charge in [0.2, 0.25) is 5.91 Å². The normalized spacial score (nSPS) is 12.4. The predicted molar refractivity (Wildman–Crippen MR) is 81.5 cm³/mol. The maximum absolute atomic E-state index is 11.8. The number of nitrogens with two attached hydrogens (primary N) is 1. The molecule has 112 valence electrons. The highest BCUT2D eigenvalue weighted by Crippen LogP contribution is 2.11. The molecule has 0 heterocycles. The van der Waals surface area contributed by atoms with Crippen LogP contribution < -0.4 is 11.1 Å². The highest BCUT2D eigenvalue weighted by Gasteiger charge is 2.13. The van der Waals surface area contributed by atoms with Crippen LogP contribution in [0.5, 0.6) is 5.75 Å². The van der Waals surface area contributed by atoms with Gasteiger partial charge in [0.05, 0.1) is 6.04 Å². The fourth-order valence-electron chi connectivity index (χ4n) is 2.00. The molecular weight excluding hydrogens is 252 g/mol. The van der Waals surface area contributed by atoms with Crippen LogP contribution in [0.2, 0.25) is 0 Å². The van der Waals surface area contributed by atoms with Crippen molar-refractivity contribution in [2.45, 2.75) is 45.6 Å². The van der Waals surface area contributed by atoms with Gasteiger partial charge >= 0.3 is 0 Å². The summed E-state index contributed by atoms with van der Waals surface area (Å²) in [6, 6.07) is 6.23. The number of aromatic hydroxyl groups is 1. The Morgan fingerprint density at radius 2 is 1.90 bits per heavy atom. The molecule has 1 atom stereocenters. The summed E-state index contributed by atoms with van der Waals surface area (Å²) < 4.78 is 0. The molecule has 0 aliphatic carbocycles. The van der Waals surface area contributed by atoms with Gasteiger partial charge in [-0.3, -0.25) is 4.79 Å². The Morgan fingerprint density at radius 3 is 2.50 bits per heavy atom. The van der Waals surface area contributed by atoms with E-state index in [1.54, 1.807) is 24.3 Å². The lowest BCUT2D eigenvalue weighted by Crippen LogP contribution is -2.42. The molecule has 1 aromatic carbocycles. The Labute approximate surface area is 121 Å². The SMILES string of the molecule is CC(C)CCCCNC(=O)[C@@H](N)Cc1ccc(O)cc1. The average Bonchev–Trinajstić information content (AvgIpc) is 2.40. The van der Waals surface area contributed by atoms with E-state index in [4.69, 9.17) is 5.73 Å². The van der Waals surface area contributed by atoms with E-state index in [9.17, 15) is 9.90 Å².